The van der Waals surface area contributed by atoms with Crippen LogP contribution in [-0.4, -0.2) is 33.4 Å². The zero-order valence-electron chi connectivity index (χ0n) is 13.3. The average Bonchev–Trinajstić information content (AvgIpc) is 2.83. The van der Waals surface area contributed by atoms with Crippen LogP contribution in [0.5, 0.6) is 0 Å². The van der Waals surface area contributed by atoms with Crippen LogP contribution < -0.4 is 0 Å². The van der Waals surface area contributed by atoms with Gasteiger partial charge in [-0.15, -0.1) is 6.58 Å². The van der Waals surface area contributed by atoms with Crippen LogP contribution in [0.15, 0.2) is 36.9 Å². The molecule has 1 saturated heterocycles. The molecule has 4 nitrogen and oxygen atoms in total. The normalized spacial score (nSPS) is 15.3. The first-order valence-electron chi connectivity index (χ1n) is 7.97. The number of hydrogen-bond acceptors (Lipinski definition) is 2. The number of carbonyl (C=O) groups is 1. The van der Waals surface area contributed by atoms with Gasteiger partial charge in [0, 0.05) is 25.4 Å². The molecule has 2 aromatic rings. The van der Waals surface area contributed by atoms with Gasteiger partial charge < -0.3 is 9.47 Å². The number of likely N-dealkylation sites (tertiary alicyclic amines) is 1. The molecule has 0 radical (unpaired) electrons. The van der Waals surface area contributed by atoms with Crippen LogP contribution in [0.2, 0.25) is 0 Å². The highest BCUT2D eigenvalue weighted by Gasteiger charge is 2.34. The Morgan fingerprint density at radius 3 is 2.82 bits per heavy atom. The van der Waals surface area contributed by atoms with Crippen molar-refractivity contribution in [3.05, 3.63) is 42.7 Å². The zero-order chi connectivity index (χ0) is 15.7. The Morgan fingerprint density at radius 2 is 2.14 bits per heavy atom. The molecule has 1 amide bonds. The van der Waals surface area contributed by atoms with Crippen molar-refractivity contribution >= 4 is 16.9 Å². The predicted molar refractivity (Wildman–Crippen MR) is 88.9 cm³/mol. The number of hydrogen-bond donors (Lipinski definition) is 0. The molecule has 0 aliphatic carbocycles. The predicted octanol–water partition coefficient (Wildman–Crippen LogP) is 3.51. The maximum absolute atomic E-state index is 12.0. The van der Waals surface area contributed by atoms with Crippen LogP contribution in [0.3, 0.4) is 0 Å². The second-order valence-electron chi connectivity index (χ2n) is 6.26. The smallest absolute Gasteiger partial charge is 0.223 e. The Labute approximate surface area is 131 Å². The molecule has 1 aromatic heterocycles. The van der Waals surface area contributed by atoms with E-state index in [1.807, 2.05) is 11.0 Å². The summed E-state index contributed by atoms with van der Waals surface area (Å²) in [6.07, 6.45) is 3.12. The number of amides is 1. The fourth-order valence-corrected chi connectivity index (χ4v) is 3.06. The summed E-state index contributed by atoms with van der Waals surface area (Å²) in [5.41, 5.74) is 2.22. The van der Waals surface area contributed by atoms with Gasteiger partial charge in [0.1, 0.15) is 5.82 Å². The van der Waals surface area contributed by atoms with Crippen molar-refractivity contribution in [3.63, 3.8) is 0 Å². The standard InChI is InChI=1S/C18H23N3O/c1-4-5-10-17(22)20-11-14(12-20)21-16-9-7-6-8-15(16)19-18(21)13(2)3/h4,6-9,13-14H,1,5,10-12H2,2-3H3. The number of carbonyl (C=O) groups excluding carboxylic acids is 1. The van der Waals surface area contributed by atoms with Crippen LogP contribution in [-0.2, 0) is 4.79 Å². The molecule has 0 N–H and O–H groups in total. The van der Waals surface area contributed by atoms with E-state index in [-0.39, 0.29) is 5.91 Å². The molecule has 0 atom stereocenters. The largest absolute Gasteiger partial charge is 0.338 e. The lowest BCUT2D eigenvalue weighted by Gasteiger charge is -2.41. The number of para-hydroxylation sites is 2. The van der Waals surface area contributed by atoms with Gasteiger partial charge in [-0.05, 0) is 18.6 Å². The molecule has 0 spiro atoms. The fourth-order valence-electron chi connectivity index (χ4n) is 3.06. The Bertz CT molecular complexity index is 695. The average molecular weight is 297 g/mol. The summed E-state index contributed by atoms with van der Waals surface area (Å²) in [7, 11) is 0. The van der Waals surface area contributed by atoms with E-state index in [1.165, 1.54) is 5.52 Å². The Kier molecular flexibility index (Phi) is 4.01. The molecule has 0 bridgehead atoms. The lowest BCUT2D eigenvalue weighted by Crippen LogP contribution is -2.51. The topological polar surface area (TPSA) is 38.1 Å². The third kappa shape index (κ3) is 2.54. The molecule has 116 valence electrons. The maximum Gasteiger partial charge on any atom is 0.223 e. The number of aromatic nitrogens is 2. The van der Waals surface area contributed by atoms with Crippen LogP contribution in [0.25, 0.3) is 11.0 Å². The van der Waals surface area contributed by atoms with Gasteiger partial charge in [-0.2, -0.15) is 0 Å². The first-order chi connectivity index (χ1) is 10.6. The maximum atomic E-state index is 12.0. The quantitative estimate of drug-likeness (QED) is 0.792. The zero-order valence-corrected chi connectivity index (χ0v) is 13.3. The van der Waals surface area contributed by atoms with Crippen molar-refractivity contribution in [2.75, 3.05) is 13.1 Å². The number of fused-ring (bicyclic) bond motifs is 1. The summed E-state index contributed by atoms with van der Waals surface area (Å²) in [4.78, 5) is 18.8. The molecule has 22 heavy (non-hydrogen) atoms. The Balaban J connectivity index is 1.81. The van der Waals surface area contributed by atoms with Gasteiger partial charge in [-0.3, -0.25) is 4.79 Å². The van der Waals surface area contributed by atoms with E-state index in [9.17, 15) is 4.79 Å². The summed E-state index contributed by atoms with van der Waals surface area (Å²) in [5, 5.41) is 0. The Hall–Kier alpha value is -2.10. The van der Waals surface area contributed by atoms with Crippen molar-refractivity contribution in [3.8, 4) is 0 Å². The van der Waals surface area contributed by atoms with Crippen LogP contribution >= 0.6 is 0 Å². The minimum atomic E-state index is 0.228. The van der Waals surface area contributed by atoms with Crippen LogP contribution in [0.4, 0.5) is 0 Å². The van der Waals surface area contributed by atoms with E-state index >= 15 is 0 Å². The minimum absolute atomic E-state index is 0.228. The van der Waals surface area contributed by atoms with Crippen molar-refractivity contribution in [2.45, 2.75) is 38.6 Å². The van der Waals surface area contributed by atoms with E-state index in [2.05, 4.69) is 43.2 Å². The van der Waals surface area contributed by atoms with E-state index in [0.29, 0.717) is 18.4 Å². The van der Waals surface area contributed by atoms with Gasteiger partial charge in [-0.1, -0.05) is 32.1 Å². The number of allylic oxidation sites excluding steroid dienone is 1. The molecule has 1 fully saturated rings. The van der Waals surface area contributed by atoms with Gasteiger partial charge in [-0.25, -0.2) is 4.98 Å². The highest BCUT2D eigenvalue weighted by Crippen LogP contribution is 2.31. The lowest BCUT2D eigenvalue weighted by atomic mass is 10.1. The second kappa shape index (κ2) is 5.95. The summed E-state index contributed by atoms with van der Waals surface area (Å²) in [5.74, 6) is 1.72. The molecular formula is C18H23N3O. The molecule has 1 aliphatic rings. The van der Waals surface area contributed by atoms with Crippen molar-refractivity contribution in [1.29, 1.82) is 0 Å². The van der Waals surface area contributed by atoms with Gasteiger partial charge in [0.25, 0.3) is 0 Å². The molecule has 0 saturated carbocycles. The van der Waals surface area contributed by atoms with E-state index in [1.54, 1.807) is 6.08 Å². The molecule has 4 heteroatoms. The number of nitrogens with zero attached hydrogens (tertiary/aromatic N) is 3. The van der Waals surface area contributed by atoms with Gasteiger partial charge in [0.15, 0.2) is 0 Å². The first kappa shape index (κ1) is 14.8. The summed E-state index contributed by atoms with van der Waals surface area (Å²) in [6, 6.07) is 8.60. The van der Waals surface area contributed by atoms with Crippen molar-refractivity contribution < 1.29 is 4.79 Å². The fraction of sp³-hybridized carbons (Fsp3) is 0.444. The van der Waals surface area contributed by atoms with E-state index in [4.69, 9.17) is 4.98 Å². The molecule has 1 aromatic carbocycles. The van der Waals surface area contributed by atoms with Gasteiger partial charge in [0.2, 0.25) is 5.91 Å². The SMILES string of the molecule is C=CCCC(=O)N1CC(n2c(C(C)C)nc3ccccc32)C1. The third-order valence-electron chi connectivity index (χ3n) is 4.28. The molecular weight excluding hydrogens is 274 g/mol. The highest BCUT2D eigenvalue weighted by molar-refractivity contribution is 5.78. The lowest BCUT2D eigenvalue weighted by molar-refractivity contribution is -0.136. The molecule has 0 unspecified atom stereocenters. The summed E-state index contributed by atoms with van der Waals surface area (Å²) >= 11 is 0. The highest BCUT2D eigenvalue weighted by atomic mass is 16.2. The van der Waals surface area contributed by atoms with Crippen molar-refractivity contribution in [1.82, 2.24) is 14.5 Å². The number of imidazole rings is 1. The minimum Gasteiger partial charge on any atom is -0.338 e. The van der Waals surface area contributed by atoms with Gasteiger partial charge in [0.05, 0.1) is 17.1 Å². The molecule has 3 rings (SSSR count). The van der Waals surface area contributed by atoms with Crippen LogP contribution in [0, 0.1) is 0 Å². The summed E-state index contributed by atoms with van der Waals surface area (Å²) < 4.78 is 2.33. The third-order valence-corrected chi connectivity index (χ3v) is 4.28. The number of rotatable bonds is 5. The summed E-state index contributed by atoms with van der Waals surface area (Å²) in [6.45, 7) is 9.59. The van der Waals surface area contributed by atoms with Crippen molar-refractivity contribution in [2.24, 2.45) is 0 Å². The van der Waals surface area contributed by atoms with Crippen LogP contribution in [0.1, 0.15) is 44.5 Å². The Morgan fingerprint density at radius 1 is 1.41 bits per heavy atom. The monoisotopic (exact) mass is 297 g/mol. The van der Waals surface area contributed by atoms with Gasteiger partial charge >= 0.3 is 0 Å². The first-order valence-corrected chi connectivity index (χ1v) is 7.97. The van der Waals surface area contributed by atoms with E-state index < -0.39 is 0 Å². The van der Waals surface area contributed by atoms with E-state index in [0.717, 1.165) is 30.9 Å². The second-order valence-corrected chi connectivity index (χ2v) is 6.26. The number of benzene rings is 1. The molecule has 2 heterocycles. The molecule has 1 aliphatic heterocycles.